The number of nitrogens with one attached hydrogen (secondary N) is 1. The highest BCUT2D eigenvalue weighted by molar-refractivity contribution is 7.99. The Morgan fingerprint density at radius 3 is 2.33 bits per heavy atom. The third kappa shape index (κ3) is 8.92. The number of benzene rings is 2. The van der Waals surface area contributed by atoms with Crippen molar-refractivity contribution in [1.29, 1.82) is 0 Å². The van der Waals surface area contributed by atoms with Crippen molar-refractivity contribution in [2.75, 3.05) is 13.7 Å². The van der Waals surface area contributed by atoms with Crippen LogP contribution in [0, 0.1) is 0 Å². The Morgan fingerprint density at radius 2 is 1.76 bits per heavy atom. The molecule has 2 aromatic carbocycles. The van der Waals surface area contributed by atoms with Gasteiger partial charge in [-0.05, 0) is 35.9 Å². The maximum Gasteiger partial charge on any atom is 0.405 e. The highest BCUT2D eigenvalue weighted by atomic mass is 32.2. The van der Waals surface area contributed by atoms with Crippen LogP contribution in [0.3, 0.4) is 0 Å². The molecule has 0 saturated carbocycles. The molecule has 0 aliphatic carbocycles. The lowest BCUT2D eigenvalue weighted by atomic mass is 10.1. The van der Waals surface area contributed by atoms with Crippen molar-refractivity contribution in [3.05, 3.63) is 65.4 Å². The predicted molar refractivity (Wildman–Crippen MR) is 124 cm³/mol. The lowest BCUT2D eigenvalue weighted by Crippen LogP contribution is -2.33. The standard InChI is InChI=1S/C24H28F3NO4S/c1-15(29)10-16-6-8-20(31-5)21(11-16)32-19-9-7-17(22(30)28-14-24(25,26)27)12-18(19)13-33-23(2,3)4/h6-9,11-12,29H,1,10,13-14H2,2-5H3,(H,28,30). The van der Waals surface area contributed by atoms with E-state index >= 15 is 0 Å². The number of hydrogen-bond acceptors (Lipinski definition) is 5. The second kappa shape index (κ2) is 10.9. The van der Waals surface area contributed by atoms with Crippen molar-refractivity contribution in [2.45, 2.75) is 43.9 Å². The molecule has 9 heteroatoms. The number of aliphatic hydroxyl groups excluding tert-OH is 1. The monoisotopic (exact) mass is 483 g/mol. The molecule has 0 spiro atoms. The minimum Gasteiger partial charge on any atom is -0.513 e. The number of aliphatic hydroxyl groups is 1. The zero-order chi connectivity index (χ0) is 24.8. The first kappa shape index (κ1) is 26.4. The summed E-state index contributed by atoms with van der Waals surface area (Å²) >= 11 is 1.60. The lowest BCUT2D eigenvalue weighted by molar-refractivity contribution is -0.123. The van der Waals surface area contributed by atoms with Gasteiger partial charge in [-0.15, -0.1) is 0 Å². The minimum atomic E-state index is -4.49. The molecule has 1 amide bonds. The van der Waals surface area contributed by atoms with Crippen LogP contribution in [-0.2, 0) is 12.2 Å². The van der Waals surface area contributed by atoms with Gasteiger partial charge in [-0.2, -0.15) is 24.9 Å². The highest BCUT2D eigenvalue weighted by Crippen LogP contribution is 2.37. The van der Waals surface area contributed by atoms with Gasteiger partial charge in [0.15, 0.2) is 11.5 Å². The topological polar surface area (TPSA) is 67.8 Å². The molecule has 0 aliphatic rings. The van der Waals surface area contributed by atoms with E-state index < -0.39 is 18.6 Å². The third-order valence-corrected chi connectivity index (χ3v) is 5.61. The molecule has 0 saturated heterocycles. The lowest BCUT2D eigenvalue weighted by Gasteiger charge is -2.20. The number of halogens is 3. The molecule has 180 valence electrons. The van der Waals surface area contributed by atoms with Crippen LogP contribution in [0.25, 0.3) is 0 Å². The van der Waals surface area contributed by atoms with Crippen LogP contribution in [0.1, 0.15) is 42.3 Å². The van der Waals surface area contributed by atoms with Gasteiger partial charge in [0.05, 0.1) is 12.9 Å². The number of thioether (sulfide) groups is 1. The van der Waals surface area contributed by atoms with Crippen LogP contribution >= 0.6 is 11.8 Å². The Kier molecular flexibility index (Phi) is 8.71. The van der Waals surface area contributed by atoms with Crippen molar-refractivity contribution < 1.29 is 32.5 Å². The van der Waals surface area contributed by atoms with Crippen LogP contribution in [0.5, 0.6) is 17.2 Å². The van der Waals surface area contributed by atoms with Gasteiger partial charge in [0.25, 0.3) is 5.91 Å². The summed E-state index contributed by atoms with van der Waals surface area (Å²) in [6.07, 6.45) is -4.25. The van der Waals surface area contributed by atoms with E-state index in [1.54, 1.807) is 36.0 Å². The number of allylic oxidation sites excluding steroid dienone is 1. The predicted octanol–water partition coefficient (Wildman–Crippen LogP) is 6.43. The quantitative estimate of drug-likeness (QED) is 0.403. The van der Waals surface area contributed by atoms with Gasteiger partial charge in [-0.3, -0.25) is 4.79 Å². The van der Waals surface area contributed by atoms with Crippen molar-refractivity contribution in [3.63, 3.8) is 0 Å². The number of hydrogen-bond donors (Lipinski definition) is 2. The Morgan fingerprint density at radius 1 is 1.09 bits per heavy atom. The molecule has 0 unspecified atom stereocenters. The normalized spacial score (nSPS) is 11.7. The average molecular weight is 484 g/mol. The molecule has 0 heterocycles. The molecule has 0 radical (unpaired) electrons. The van der Waals surface area contributed by atoms with Crippen LogP contribution in [0.2, 0.25) is 0 Å². The molecule has 5 nitrogen and oxygen atoms in total. The summed E-state index contributed by atoms with van der Waals surface area (Å²) in [5, 5.41) is 11.4. The van der Waals surface area contributed by atoms with Gasteiger partial charge in [0, 0.05) is 28.0 Å². The molecule has 0 fully saturated rings. The Bertz CT molecular complexity index is 1000. The first-order valence-corrected chi connectivity index (χ1v) is 11.1. The molecule has 0 atom stereocenters. The van der Waals surface area contributed by atoms with Crippen molar-refractivity contribution in [2.24, 2.45) is 0 Å². The largest absolute Gasteiger partial charge is 0.513 e. The van der Waals surface area contributed by atoms with Crippen LogP contribution in [-0.4, -0.2) is 35.6 Å². The Labute approximate surface area is 196 Å². The number of alkyl halides is 3. The van der Waals surface area contributed by atoms with Gasteiger partial charge >= 0.3 is 6.18 Å². The summed E-state index contributed by atoms with van der Waals surface area (Å²) < 4.78 is 48.8. The fourth-order valence-electron chi connectivity index (χ4n) is 2.77. The number of carbonyl (C=O) groups is 1. The molecular formula is C24H28F3NO4S. The van der Waals surface area contributed by atoms with Crippen molar-refractivity contribution >= 4 is 17.7 Å². The molecule has 33 heavy (non-hydrogen) atoms. The third-order valence-electron chi connectivity index (χ3n) is 4.29. The molecule has 2 N–H and O–H groups in total. The van der Waals surface area contributed by atoms with Gasteiger partial charge in [-0.1, -0.05) is 33.4 Å². The second-order valence-corrected chi connectivity index (χ2v) is 10.2. The van der Waals surface area contributed by atoms with E-state index in [1.807, 2.05) is 26.1 Å². The van der Waals surface area contributed by atoms with Crippen molar-refractivity contribution in [3.8, 4) is 17.2 Å². The van der Waals surface area contributed by atoms with E-state index in [1.165, 1.54) is 19.2 Å². The molecule has 2 rings (SSSR count). The fraction of sp³-hybridized carbons (Fsp3) is 0.375. The van der Waals surface area contributed by atoms with E-state index in [4.69, 9.17) is 9.47 Å². The SMILES string of the molecule is C=C(O)Cc1ccc(OC)c(Oc2ccc(C(=O)NCC(F)(F)F)cc2CSC(C)(C)C)c1. The van der Waals surface area contributed by atoms with Crippen LogP contribution < -0.4 is 14.8 Å². The van der Waals surface area contributed by atoms with Gasteiger partial charge in [0.2, 0.25) is 0 Å². The first-order valence-electron chi connectivity index (χ1n) is 10.1. The number of carbonyl (C=O) groups excluding carboxylic acids is 1. The highest BCUT2D eigenvalue weighted by Gasteiger charge is 2.28. The number of amides is 1. The summed E-state index contributed by atoms with van der Waals surface area (Å²) in [5.41, 5.74) is 1.51. The van der Waals surface area contributed by atoms with E-state index in [-0.39, 0.29) is 22.5 Å². The smallest absolute Gasteiger partial charge is 0.405 e. The number of rotatable bonds is 9. The summed E-state index contributed by atoms with van der Waals surface area (Å²) in [4.78, 5) is 12.3. The summed E-state index contributed by atoms with van der Waals surface area (Å²) in [7, 11) is 1.50. The molecule has 0 aliphatic heterocycles. The van der Waals surface area contributed by atoms with Gasteiger partial charge in [-0.25, -0.2) is 0 Å². The van der Waals surface area contributed by atoms with Crippen LogP contribution in [0.4, 0.5) is 13.2 Å². The molecule has 2 aromatic rings. The second-order valence-electron chi connectivity index (χ2n) is 8.35. The molecular weight excluding hydrogens is 455 g/mol. The van der Waals surface area contributed by atoms with E-state index in [0.29, 0.717) is 28.6 Å². The summed E-state index contributed by atoms with van der Waals surface area (Å²) in [5.74, 6) is 0.951. The number of ether oxygens (including phenoxy) is 2. The maximum absolute atomic E-state index is 12.5. The van der Waals surface area contributed by atoms with Gasteiger partial charge < -0.3 is 19.9 Å². The fourth-order valence-corrected chi connectivity index (χ4v) is 3.59. The average Bonchev–Trinajstić information content (AvgIpc) is 2.70. The summed E-state index contributed by atoms with van der Waals surface area (Å²) in [6.45, 7) is 8.19. The van der Waals surface area contributed by atoms with E-state index in [0.717, 1.165) is 5.56 Å². The Hall–Kier alpha value is -2.81. The zero-order valence-corrected chi connectivity index (χ0v) is 19.8. The first-order chi connectivity index (χ1) is 15.3. The minimum absolute atomic E-state index is 0.00241. The zero-order valence-electron chi connectivity index (χ0n) is 19.0. The molecule has 0 bridgehead atoms. The van der Waals surface area contributed by atoms with E-state index in [2.05, 4.69) is 6.58 Å². The van der Waals surface area contributed by atoms with Crippen LogP contribution in [0.15, 0.2) is 48.7 Å². The maximum atomic E-state index is 12.5. The van der Waals surface area contributed by atoms with Gasteiger partial charge in [0.1, 0.15) is 12.3 Å². The molecule has 0 aromatic heterocycles. The summed E-state index contributed by atoms with van der Waals surface area (Å²) in [6, 6.07) is 9.69. The number of methoxy groups -OCH3 is 1. The Balaban J connectivity index is 2.38. The van der Waals surface area contributed by atoms with Crippen molar-refractivity contribution in [1.82, 2.24) is 5.32 Å². The van der Waals surface area contributed by atoms with E-state index in [9.17, 15) is 23.1 Å².